The third kappa shape index (κ3) is 2.17. The standard InChI is InChI=1S/C14H17N/c1-10(2)8-12-9-11(3)13-6-4-5-7-14(13)15-12/h4-7,9-10H,8H2,1-3H3. The molecule has 0 fully saturated rings. The summed E-state index contributed by atoms with van der Waals surface area (Å²) in [6, 6.07) is 10.6. The topological polar surface area (TPSA) is 12.9 Å². The van der Waals surface area contributed by atoms with E-state index < -0.39 is 0 Å². The lowest BCUT2D eigenvalue weighted by Gasteiger charge is -2.08. The average molecular weight is 199 g/mol. The van der Waals surface area contributed by atoms with Crippen molar-refractivity contribution in [3.63, 3.8) is 0 Å². The first-order chi connectivity index (χ1) is 7.16. The van der Waals surface area contributed by atoms with Gasteiger partial charge in [-0.05, 0) is 37.0 Å². The summed E-state index contributed by atoms with van der Waals surface area (Å²) in [7, 11) is 0. The van der Waals surface area contributed by atoms with Crippen LogP contribution < -0.4 is 0 Å². The summed E-state index contributed by atoms with van der Waals surface area (Å²) in [5, 5.41) is 1.27. The van der Waals surface area contributed by atoms with Crippen LogP contribution >= 0.6 is 0 Å². The van der Waals surface area contributed by atoms with E-state index in [0.717, 1.165) is 11.9 Å². The van der Waals surface area contributed by atoms with Gasteiger partial charge in [-0.15, -0.1) is 0 Å². The fourth-order valence-corrected chi connectivity index (χ4v) is 1.94. The van der Waals surface area contributed by atoms with Crippen molar-refractivity contribution in [1.29, 1.82) is 0 Å². The molecule has 1 nitrogen and oxygen atoms in total. The average Bonchev–Trinajstić information content (AvgIpc) is 2.16. The van der Waals surface area contributed by atoms with Crippen molar-refractivity contribution < 1.29 is 0 Å². The maximum atomic E-state index is 4.68. The first-order valence-electron chi connectivity index (χ1n) is 5.52. The van der Waals surface area contributed by atoms with E-state index in [1.807, 2.05) is 6.07 Å². The Balaban J connectivity index is 2.52. The number of pyridine rings is 1. The van der Waals surface area contributed by atoms with E-state index in [4.69, 9.17) is 0 Å². The van der Waals surface area contributed by atoms with Gasteiger partial charge in [0.25, 0.3) is 0 Å². The number of aromatic nitrogens is 1. The molecule has 0 saturated carbocycles. The van der Waals surface area contributed by atoms with E-state index >= 15 is 0 Å². The van der Waals surface area contributed by atoms with Gasteiger partial charge in [-0.1, -0.05) is 32.0 Å². The van der Waals surface area contributed by atoms with Gasteiger partial charge in [0.1, 0.15) is 0 Å². The molecule has 0 N–H and O–H groups in total. The van der Waals surface area contributed by atoms with Crippen molar-refractivity contribution in [2.75, 3.05) is 0 Å². The van der Waals surface area contributed by atoms with Crippen LogP contribution in [0.25, 0.3) is 10.9 Å². The number of para-hydroxylation sites is 1. The van der Waals surface area contributed by atoms with E-state index in [9.17, 15) is 0 Å². The Labute approximate surface area is 91.2 Å². The predicted octanol–water partition coefficient (Wildman–Crippen LogP) is 3.74. The van der Waals surface area contributed by atoms with Crippen molar-refractivity contribution in [2.24, 2.45) is 5.92 Å². The van der Waals surface area contributed by atoms with E-state index in [1.165, 1.54) is 16.6 Å². The van der Waals surface area contributed by atoms with Gasteiger partial charge in [-0.2, -0.15) is 0 Å². The SMILES string of the molecule is Cc1cc(CC(C)C)nc2ccccc12. The molecule has 1 heterocycles. The highest BCUT2D eigenvalue weighted by atomic mass is 14.7. The van der Waals surface area contributed by atoms with Gasteiger partial charge in [0.2, 0.25) is 0 Å². The molecule has 0 bridgehead atoms. The molecule has 0 aliphatic carbocycles. The maximum Gasteiger partial charge on any atom is 0.0707 e. The van der Waals surface area contributed by atoms with Crippen LogP contribution in [0.4, 0.5) is 0 Å². The third-order valence-corrected chi connectivity index (χ3v) is 2.59. The molecule has 0 saturated heterocycles. The highest BCUT2D eigenvalue weighted by Crippen LogP contribution is 2.18. The molecule has 2 rings (SSSR count). The number of hydrogen-bond donors (Lipinski definition) is 0. The van der Waals surface area contributed by atoms with E-state index in [2.05, 4.69) is 50.0 Å². The van der Waals surface area contributed by atoms with Crippen molar-refractivity contribution in [3.05, 3.63) is 41.6 Å². The third-order valence-electron chi connectivity index (χ3n) is 2.59. The zero-order valence-electron chi connectivity index (χ0n) is 9.62. The smallest absolute Gasteiger partial charge is 0.0707 e. The van der Waals surface area contributed by atoms with Crippen molar-refractivity contribution in [3.8, 4) is 0 Å². The molecule has 78 valence electrons. The molecular weight excluding hydrogens is 182 g/mol. The van der Waals surface area contributed by atoms with Gasteiger partial charge in [0.15, 0.2) is 0 Å². The molecule has 0 aliphatic rings. The molecule has 0 spiro atoms. The number of benzene rings is 1. The summed E-state index contributed by atoms with van der Waals surface area (Å²) in [5.41, 5.74) is 3.66. The highest BCUT2D eigenvalue weighted by Gasteiger charge is 2.03. The van der Waals surface area contributed by atoms with E-state index in [0.29, 0.717) is 5.92 Å². The molecule has 0 unspecified atom stereocenters. The predicted molar refractivity (Wildman–Crippen MR) is 65.0 cm³/mol. The largest absolute Gasteiger partial charge is 0.253 e. The molecule has 1 heteroatoms. The Morgan fingerprint density at radius 3 is 2.67 bits per heavy atom. The second-order valence-corrected chi connectivity index (χ2v) is 4.55. The zero-order valence-corrected chi connectivity index (χ0v) is 9.62. The Morgan fingerprint density at radius 1 is 1.20 bits per heavy atom. The number of fused-ring (bicyclic) bond motifs is 1. The highest BCUT2D eigenvalue weighted by molar-refractivity contribution is 5.81. The summed E-state index contributed by atoms with van der Waals surface area (Å²) >= 11 is 0. The summed E-state index contributed by atoms with van der Waals surface area (Å²) in [5.74, 6) is 0.665. The van der Waals surface area contributed by atoms with E-state index in [-0.39, 0.29) is 0 Å². The summed E-state index contributed by atoms with van der Waals surface area (Å²) < 4.78 is 0. The van der Waals surface area contributed by atoms with E-state index in [1.54, 1.807) is 0 Å². The lowest BCUT2D eigenvalue weighted by molar-refractivity contribution is 0.637. The summed E-state index contributed by atoms with van der Waals surface area (Å²) in [6.45, 7) is 6.62. The molecule has 0 aliphatic heterocycles. The summed E-state index contributed by atoms with van der Waals surface area (Å²) in [4.78, 5) is 4.68. The quantitative estimate of drug-likeness (QED) is 0.718. The molecular formula is C14H17N. The molecule has 0 atom stereocenters. The van der Waals surface area contributed by atoms with Gasteiger partial charge in [-0.25, -0.2) is 0 Å². The minimum atomic E-state index is 0.665. The Hall–Kier alpha value is -1.37. The minimum absolute atomic E-state index is 0.665. The molecule has 2 aromatic rings. The number of hydrogen-bond acceptors (Lipinski definition) is 1. The first kappa shape index (κ1) is 10.2. The van der Waals surface area contributed by atoms with Crippen molar-refractivity contribution in [1.82, 2.24) is 4.98 Å². The second kappa shape index (κ2) is 4.01. The van der Waals surface area contributed by atoms with Gasteiger partial charge in [0, 0.05) is 11.1 Å². The normalized spacial score (nSPS) is 11.2. The van der Waals surface area contributed by atoms with Crippen LogP contribution in [-0.4, -0.2) is 4.98 Å². The first-order valence-corrected chi connectivity index (χ1v) is 5.52. The van der Waals surface area contributed by atoms with Gasteiger partial charge < -0.3 is 0 Å². The van der Waals surface area contributed by atoms with Crippen LogP contribution in [0.3, 0.4) is 0 Å². The van der Waals surface area contributed by atoms with Crippen LogP contribution in [0.2, 0.25) is 0 Å². The Morgan fingerprint density at radius 2 is 1.93 bits per heavy atom. The fraction of sp³-hybridized carbons (Fsp3) is 0.357. The zero-order chi connectivity index (χ0) is 10.8. The second-order valence-electron chi connectivity index (χ2n) is 4.55. The molecule has 1 aromatic carbocycles. The number of aryl methyl sites for hydroxylation is 1. The summed E-state index contributed by atoms with van der Waals surface area (Å²) in [6.07, 6.45) is 1.06. The number of nitrogens with zero attached hydrogens (tertiary/aromatic N) is 1. The molecule has 15 heavy (non-hydrogen) atoms. The Kier molecular flexibility index (Phi) is 2.72. The fourth-order valence-electron chi connectivity index (χ4n) is 1.94. The monoisotopic (exact) mass is 199 g/mol. The minimum Gasteiger partial charge on any atom is -0.253 e. The van der Waals surface area contributed by atoms with Crippen LogP contribution in [0, 0.1) is 12.8 Å². The molecule has 0 radical (unpaired) electrons. The van der Waals surface area contributed by atoms with Gasteiger partial charge in [0.05, 0.1) is 5.52 Å². The maximum absolute atomic E-state index is 4.68. The number of rotatable bonds is 2. The van der Waals surface area contributed by atoms with Crippen molar-refractivity contribution in [2.45, 2.75) is 27.2 Å². The Bertz CT molecular complexity index is 472. The van der Waals surface area contributed by atoms with Gasteiger partial charge >= 0.3 is 0 Å². The molecule has 0 amide bonds. The lowest BCUT2D eigenvalue weighted by atomic mass is 10.0. The lowest BCUT2D eigenvalue weighted by Crippen LogP contribution is -1.98. The van der Waals surface area contributed by atoms with Gasteiger partial charge in [-0.3, -0.25) is 4.98 Å². The molecule has 1 aromatic heterocycles. The van der Waals surface area contributed by atoms with Crippen molar-refractivity contribution >= 4 is 10.9 Å². The van der Waals surface area contributed by atoms with Crippen LogP contribution in [-0.2, 0) is 6.42 Å². The van der Waals surface area contributed by atoms with Crippen LogP contribution in [0.5, 0.6) is 0 Å². The van der Waals surface area contributed by atoms with Crippen LogP contribution in [0.15, 0.2) is 30.3 Å². The van der Waals surface area contributed by atoms with Crippen LogP contribution in [0.1, 0.15) is 25.1 Å².